The Kier molecular flexibility index (Phi) is 6.16. The van der Waals surface area contributed by atoms with Gasteiger partial charge in [-0.3, -0.25) is 9.69 Å². The fourth-order valence-electron chi connectivity index (χ4n) is 4.85. The molecule has 2 bridgehead atoms. The van der Waals surface area contributed by atoms with Crippen LogP contribution in [-0.2, 0) is 6.54 Å². The van der Waals surface area contributed by atoms with Gasteiger partial charge in [0.15, 0.2) is 0 Å². The molecule has 2 fully saturated rings. The summed E-state index contributed by atoms with van der Waals surface area (Å²) < 4.78 is 18.6. The maximum Gasteiger partial charge on any atom is 0.255 e. The number of piperidine rings is 2. The lowest BCUT2D eigenvalue weighted by Crippen LogP contribution is -2.60. The first-order valence-corrected chi connectivity index (χ1v) is 10.8. The molecule has 3 N–H and O–H groups in total. The minimum atomic E-state index is -0.223. The maximum absolute atomic E-state index is 13.3. The Hall–Kier alpha value is -2.31. The SMILES string of the molecule is COc1cc(N)c(Cl)cc1C(=O)NC1CCC2CCCC1N2Cc1ccc(F)cc1. The molecule has 3 atom stereocenters. The molecule has 30 heavy (non-hydrogen) atoms. The highest BCUT2D eigenvalue weighted by Crippen LogP contribution is 2.36. The maximum atomic E-state index is 13.3. The summed E-state index contributed by atoms with van der Waals surface area (Å²) in [5.41, 5.74) is 7.70. The third kappa shape index (κ3) is 4.25. The number of ether oxygens (including phenoxy) is 1. The Morgan fingerprint density at radius 2 is 2.00 bits per heavy atom. The summed E-state index contributed by atoms with van der Waals surface area (Å²) in [6.07, 6.45) is 5.31. The number of carbonyl (C=O) groups is 1. The van der Waals surface area contributed by atoms with E-state index in [9.17, 15) is 9.18 Å². The van der Waals surface area contributed by atoms with E-state index in [0.29, 0.717) is 28.1 Å². The van der Waals surface area contributed by atoms with Gasteiger partial charge in [-0.1, -0.05) is 30.2 Å². The Labute approximate surface area is 181 Å². The first-order valence-electron chi connectivity index (χ1n) is 10.4. The predicted molar refractivity (Wildman–Crippen MR) is 116 cm³/mol. The summed E-state index contributed by atoms with van der Waals surface area (Å²) in [6, 6.07) is 10.6. The zero-order valence-corrected chi connectivity index (χ0v) is 17.8. The standard InChI is InChI=1S/C23H27ClFN3O2/c1-30-22-12-19(26)18(24)11-17(22)23(29)27-20-10-9-16-3-2-4-21(20)28(16)13-14-5-7-15(25)8-6-14/h5-8,11-12,16,20-21H,2-4,9-10,13,26H2,1H3,(H,27,29). The van der Waals surface area contributed by atoms with Crippen molar-refractivity contribution in [2.45, 2.75) is 56.8 Å². The van der Waals surface area contributed by atoms with E-state index in [0.717, 1.165) is 37.8 Å². The third-order valence-electron chi connectivity index (χ3n) is 6.37. The second-order valence-corrected chi connectivity index (χ2v) is 8.59. The van der Waals surface area contributed by atoms with Crippen LogP contribution in [0.1, 0.15) is 48.0 Å². The van der Waals surface area contributed by atoms with Crippen LogP contribution in [0.5, 0.6) is 5.75 Å². The summed E-state index contributed by atoms with van der Waals surface area (Å²) in [5, 5.41) is 3.55. The summed E-state index contributed by atoms with van der Waals surface area (Å²) in [6.45, 7) is 0.763. The van der Waals surface area contributed by atoms with Crippen molar-refractivity contribution < 1.29 is 13.9 Å². The summed E-state index contributed by atoms with van der Waals surface area (Å²) in [7, 11) is 1.51. The van der Waals surface area contributed by atoms with Crippen LogP contribution in [0.25, 0.3) is 0 Å². The van der Waals surface area contributed by atoms with Crippen LogP contribution >= 0.6 is 11.6 Å². The van der Waals surface area contributed by atoms with E-state index in [-0.39, 0.29) is 23.8 Å². The number of rotatable bonds is 5. The molecule has 2 aliphatic heterocycles. The van der Waals surface area contributed by atoms with Gasteiger partial charge in [0.25, 0.3) is 5.91 Å². The number of amides is 1. The molecule has 1 amide bonds. The predicted octanol–water partition coefficient (Wildman–Crippen LogP) is 4.39. The van der Waals surface area contributed by atoms with E-state index in [1.165, 1.54) is 25.7 Å². The highest BCUT2D eigenvalue weighted by molar-refractivity contribution is 6.33. The molecule has 7 heteroatoms. The van der Waals surface area contributed by atoms with Crippen LogP contribution in [0.2, 0.25) is 5.02 Å². The fourth-order valence-corrected chi connectivity index (χ4v) is 5.01. The van der Waals surface area contributed by atoms with Crippen molar-refractivity contribution in [2.24, 2.45) is 0 Å². The molecular weight excluding hydrogens is 405 g/mol. The number of nitrogens with two attached hydrogens (primary N) is 1. The highest BCUT2D eigenvalue weighted by atomic mass is 35.5. The molecule has 0 radical (unpaired) electrons. The second-order valence-electron chi connectivity index (χ2n) is 8.18. The number of nitrogen functional groups attached to an aromatic ring is 1. The summed E-state index contributed by atoms with van der Waals surface area (Å²) in [4.78, 5) is 15.6. The normalized spacial score (nSPS) is 23.8. The Balaban J connectivity index is 1.52. The minimum absolute atomic E-state index is 0.0375. The Bertz CT molecular complexity index is 921. The highest BCUT2D eigenvalue weighted by Gasteiger charge is 2.40. The number of benzene rings is 2. The van der Waals surface area contributed by atoms with Crippen LogP contribution in [0.3, 0.4) is 0 Å². The van der Waals surface area contributed by atoms with Crippen molar-refractivity contribution in [3.05, 3.63) is 58.4 Å². The number of hydrogen-bond acceptors (Lipinski definition) is 4. The number of halogens is 2. The molecular formula is C23H27ClFN3O2. The fraction of sp³-hybridized carbons (Fsp3) is 0.435. The van der Waals surface area contributed by atoms with Gasteiger partial charge in [0.05, 0.1) is 23.4 Å². The van der Waals surface area contributed by atoms with E-state index in [4.69, 9.17) is 22.1 Å². The molecule has 3 unspecified atom stereocenters. The largest absolute Gasteiger partial charge is 0.496 e. The average molecular weight is 432 g/mol. The van der Waals surface area contributed by atoms with Gasteiger partial charge in [0.1, 0.15) is 11.6 Å². The number of hydrogen-bond donors (Lipinski definition) is 2. The van der Waals surface area contributed by atoms with Crippen molar-refractivity contribution in [1.29, 1.82) is 0 Å². The van der Waals surface area contributed by atoms with Gasteiger partial charge in [-0.15, -0.1) is 0 Å². The molecule has 4 rings (SSSR count). The topological polar surface area (TPSA) is 67.6 Å². The van der Waals surface area contributed by atoms with Gasteiger partial charge in [-0.25, -0.2) is 4.39 Å². The van der Waals surface area contributed by atoms with Gasteiger partial charge in [0.2, 0.25) is 0 Å². The molecule has 0 spiro atoms. The van der Waals surface area contributed by atoms with Crippen molar-refractivity contribution in [2.75, 3.05) is 12.8 Å². The van der Waals surface area contributed by atoms with E-state index >= 15 is 0 Å². The van der Waals surface area contributed by atoms with Gasteiger partial charge >= 0.3 is 0 Å². The molecule has 2 aromatic carbocycles. The first kappa shape index (κ1) is 20.9. The molecule has 160 valence electrons. The average Bonchev–Trinajstić information content (AvgIpc) is 2.73. The lowest BCUT2D eigenvalue weighted by Gasteiger charge is -2.50. The van der Waals surface area contributed by atoms with Crippen LogP contribution in [0, 0.1) is 5.82 Å². The number of anilines is 1. The zero-order chi connectivity index (χ0) is 21.3. The first-order chi connectivity index (χ1) is 14.5. The lowest BCUT2D eigenvalue weighted by molar-refractivity contribution is 0.0104. The smallest absolute Gasteiger partial charge is 0.255 e. The number of nitrogens with zero attached hydrogens (tertiary/aromatic N) is 1. The van der Waals surface area contributed by atoms with Gasteiger partial charge in [0, 0.05) is 30.7 Å². The summed E-state index contributed by atoms with van der Waals surface area (Å²) >= 11 is 6.14. The minimum Gasteiger partial charge on any atom is -0.496 e. The van der Waals surface area contributed by atoms with Crippen LogP contribution < -0.4 is 15.8 Å². The monoisotopic (exact) mass is 431 g/mol. The third-order valence-corrected chi connectivity index (χ3v) is 6.69. The van der Waals surface area contributed by atoms with Crippen molar-refractivity contribution >= 4 is 23.2 Å². The van der Waals surface area contributed by atoms with Crippen LogP contribution in [0.4, 0.5) is 10.1 Å². The number of methoxy groups -OCH3 is 1. The molecule has 2 aliphatic rings. The van der Waals surface area contributed by atoms with Crippen molar-refractivity contribution in [3.63, 3.8) is 0 Å². The quantitative estimate of drug-likeness (QED) is 0.689. The number of fused-ring (bicyclic) bond motifs is 2. The van der Waals surface area contributed by atoms with E-state index in [1.54, 1.807) is 12.1 Å². The van der Waals surface area contributed by atoms with Gasteiger partial charge in [-0.05, 0) is 49.4 Å². The van der Waals surface area contributed by atoms with Crippen molar-refractivity contribution in [1.82, 2.24) is 10.2 Å². The zero-order valence-electron chi connectivity index (χ0n) is 17.0. The molecule has 5 nitrogen and oxygen atoms in total. The summed E-state index contributed by atoms with van der Waals surface area (Å²) in [5.74, 6) is -0.0155. The molecule has 2 saturated heterocycles. The van der Waals surface area contributed by atoms with Crippen LogP contribution in [0.15, 0.2) is 36.4 Å². The van der Waals surface area contributed by atoms with E-state index in [2.05, 4.69) is 10.2 Å². The Morgan fingerprint density at radius 1 is 1.23 bits per heavy atom. The number of nitrogens with one attached hydrogen (secondary N) is 1. The molecule has 2 heterocycles. The van der Waals surface area contributed by atoms with E-state index < -0.39 is 0 Å². The van der Waals surface area contributed by atoms with Gasteiger partial charge < -0.3 is 15.8 Å². The van der Waals surface area contributed by atoms with Crippen molar-refractivity contribution in [3.8, 4) is 5.75 Å². The molecule has 0 saturated carbocycles. The molecule has 0 aromatic heterocycles. The number of carbonyl (C=O) groups excluding carboxylic acids is 1. The van der Waals surface area contributed by atoms with E-state index in [1.807, 2.05) is 12.1 Å². The molecule has 0 aliphatic carbocycles. The van der Waals surface area contributed by atoms with Gasteiger partial charge in [-0.2, -0.15) is 0 Å². The molecule has 2 aromatic rings. The lowest BCUT2D eigenvalue weighted by atomic mass is 9.81. The van der Waals surface area contributed by atoms with Crippen LogP contribution in [-0.4, -0.2) is 36.0 Å². The Morgan fingerprint density at radius 3 is 2.73 bits per heavy atom. The second kappa shape index (κ2) is 8.82.